The lowest BCUT2D eigenvalue weighted by Gasteiger charge is -2.08. The number of H-pyrrole nitrogens is 2. The number of nitrogens with zero attached hydrogens (tertiary/aromatic N) is 10. The molecule has 0 saturated carbocycles. The summed E-state index contributed by atoms with van der Waals surface area (Å²) in [6, 6.07) is 64.5. The van der Waals surface area contributed by atoms with Crippen LogP contribution in [0.5, 0.6) is 0 Å². The second-order valence-corrected chi connectivity index (χ2v) is 18.7. The Balaban J connectivity index is 1.03. The smallest absolute Gasteiger partial charge is 0.0812 e. The lowest BCUT2D eigenvalue weighted by Crippen LogP contribution is -1.90. The third-order valence-electron chi connectivity index (χ3n) is 13.5. The number of nitrogens with one attached hydrogen (secondary N) is 2. The van der Waals surface area contributed by atoms with Crippen LogP contribution in [0.4, 0.5) is 22.7 Å². The highest BCUT2D eigenvalue weighted by atomic mass is 14.8. The molecule has 11 aromatic rings. The predicted octanol–water partition coefficient (Wildman–Crippen LogP) is 15.9. The van der Waals surface area contributed by atoms with Crippen LogP contribution < -0.4 is 0 Å². The van der Waals surface area contributed by atoms with Crippen molar-refractivity contribution in [3.8, 4) is 44.5 Å². The number of aromatic nitrogens is 8. The number of rotatable bonds is 12. The zero-order valence-corrected chi connectivity index (χ0v) is 42.9. The molecule has 12 nitrogen and oxygen atoms in total. The van der Waals surface area contributed by atoms with Crippen molar-refractivity contribution in [2.75, 3.05) is 0 Å². The van der Waals surface area contributed by atoms with Gasteiger partial charge in [-0.2, -0.15) is 0 Å². The van der Waals surface area contributed by atoms with Crippen molar-refractivity contribution >= 4 is 94.0 Å². The highest BCUT2D eigenvalue weighted by Gasteiger charge is 2.19. The van der Waals surface area contributed by atoms with Gasteiger partial charge in [-0.1, -0.05) is 72.8 Å². The quantitative estimate of drug-likeness (QED) is 0.116. The first-order chi connectivity index (χ1) is 39.6. The number of fused-ring (bicyclic) bond motifs is 8. The van der Waals surface area contributed by atoms with Gasteiger partial charge in [0.05, 0.1) is 93.2 Å². The van der Waals surface area contributed by atoms with Crippen LogP contribution in [0.25, 0.3) is 90.9 Å². The Bertz CT molecular complexity index is 3830. The largest absolute Gasteiger partial charge is 0.354 e. The molecule has 0 aliphatic carbocycles. The maximum atomic E-state index is 5.53. The van der Waals surface area contributed by atoms with Crippen LogP contribution in [0.2, 0.25) is 0 Å². The van der Waals surface area contributed by atoms with Gasteiger partial charge >= 0.3 is 0 Å². The molecule has 8 bridgehead atoms. The minimum Gasteiger partial charge on any atom is -0.354 e. The van der Waals surface area contributed by atoms with E-state index in [1.54, 1.807) is 49.6 Å². The van der Waals surface area contributed by atoms with Crippen LogP contribution in [0.1, 0.15) is 45.6 Å². The van der Waals surface area contributed by atoms with Gasteiger partial charge in [-0.05, 0) is 168 Å². The van der Waals surface area contributed by atoms with Crippen LogP contribution in [-0.2, 0) is 0 Å². The summed E-state index contributed by atoms with van der Waals surface area (Å²) in [6.07, 6.45) is 22.5. The molecule has 4 aromatic carbocycles. The molecule has 0 amide bonds. The van der Waals surface area contributed by atoms with Crippen molar-refractivity contribution in [2.24, 2.45) is 20.0 Å². The normalized spacial score (nSPS) is 12.2. The fourth-order valence-electron chi connectivity index (χ4n) is 9.65. The number of hydrogen-bond acceptors (Lipinski definition) is 10. The van der Waals surface area contributed by atoms with E-state index in [0.29, 0.717) is 0 Å². The predicted molar refractivity (Wildman–Crippen MR) is 327 cm³/mol. The van der Waals surface area contributed by atoms with Crippen LogP contribution in [0.3, 0.4) is 0 Å². The van der Waals surface area contributed by atoms with Gasteiger partial charge in [0.15, 0.2) is 0 Å². The zero-order chi connectivity index (χ0) is 53.5. The Kier molecular flexibility index (Phi) is 13.4. The van der Waals surface area contributed by atoms with Gasteiger partial charge in [0.1, 0.15) is 0 Å². The van der Waals surface area contributed by atoms with E-state index in [0.717, 1.165) is 135 Å². The average Bonchev–Trinajstić information content (AvgIpc) is 4.40. The van der Waals surface area contributed by atoms with Crippen molar-refractivity contribution in [3.05, 3.63) is 264 Å². The maximum Gasteiger partial charge on any atom is 0.0812 e. The number of pyridine rings is 4. The third kappa shape index (κ3) is 10.6. The summed E-state index contributed by atoms with van der Waals surface area (Å²) in [5, 5.41) is 0. The fraction of sp³-hybridized carbons (Fsp3) is 0. The lowest BCUT2D eigenvalue weighted by molar-refractivity contribution is 1.30. The Hall–Kier alpha value is -11.2. The average molecular weight is 1030 g/mol. The second kappa shape index (κ2) is 22.2. The van der Waals surface area contributed by atoms with E-state index in [2.05, 4.69) is 127 Å². The number of aliphatic imine (C=N–C) groups is 4. The number of aromatic amines is 2. The minimum atomic E-state index is 0.778. The molecule has 80 heavy (non-hydrogen) atoms. The van der Waals surface area contributed by atoms with E-state index >= 15 is 0 Å². The monoisotopic (exact) mass is 1030 g/mol. The molecule has 0 saturated heterocycles. The standard InChI is InChI=1S/C68H46N12/c1-5-37-69-53(9-1)41-73-49-21-13-45(14-22-49)65-57-29-31-59(77-57)66(46-15-23-50(24-16-46)74-42-54-10-2-6-38-70-54)61-33-35-63(79-61)68(48-19-27-52(28-20-48)76-44-56-12-4-8-40-72-56)64-36-34-62(80-64)67(60-32-30-58(65)78-60)47-17-25-51(26-18-47)75-43-55-11-3-7-39-71-55/h1-44,77,80H. The highest BCUT2D eigenvalue weighted by molar-refractivity contribution is 6.00. The molecular formula is C68H46N12. The van der Waals surface area contributed by atoms with Crippen LogP contribution >= 0.6 is 0 Å². The molecule has 7 aromatic heterocycles. The van der Waals surface area contributed by atoms with E-state index in [9.17, 15) is 0 Å². The second-order valence-electron chi connectivity index (χ2n) is 18.7. The zero-order valence-electron chi connectivity index (χ0n) is 42.9. The first kappa shape index (κ1) is 48.4. The first-order valence-electron chi connectivity index (χ1n) is 26.0. The summed E-state index contributed by atoms with van der Waals surface area (Å²) in [6.45, 7) is 0. The van der Waals surface area contributed by atoms with Gasteiger partial charge in [0.25, 0.3) is 0 Å². The third-order valence-corrected chi connectivity index (χ3v) is 13.5. The van der Waals surface area contributed by atoms with E-state index in [-0.39, 0.29) is 0 Å². The topological polar surface area (TPSA) is 158 Å². The van der Waals surface area contributed by atoms with E-state index < -0.39 is 0 Å². The lowest BCUT2D eigenvalue weighted by atomic mass is 10.0. The first-order valence-corrected chi connectivity index (χ1v) is 26.0. The van der Waals surface area contributed by atoms with E-state index in [4.69, 9.17) is 29.9 Å². The molecule has 0 radical (unpaired) electrons. The van der Waals surface area contributed by atoms with E-state index in [1.165, 1.54) is 0 Å². The molecule has 0 spiro atoms. The SMILES string of the molecule is C1=Cc2nc1c(-c1ccc(N=Cc3ccccn3)cc1)c1ccc([nH]1)c(-c1ccc(N=Cc3ccccn3)cc1)c1nc(c(-c3ccc(N=Cc4ccccn4)cc3)c3ccc([nH]3)c2-c2ccc(N=Cc3ccccn3)cc2)C=C1. The molecule has 0 unspecified atom stereocenters. The van der Waals surface area contributed by atoms with E-state index in [1.807, 2.05) is 121 Å². The van der Waals surface area contributed by atoms with Gasteiger partial charge in [-0.25, -0.2) is 9.97 Å². The molecule has 378 valence electrons. The van der Waals surface area contributed by atoms with Crippen molar-refractivity contribution in [1.82, 2.24) is 39.9 Å². The minimum absolute atomic E-state index is 0.778. The van der Waals surface area contributed by atoms with Crippen molar-refractivity contribution in [2.45, 2.75) is 0 Å². The molecule has 12 heteroatoms. The summed E-state index contributed by atoms with van der Waals surface area (Å²) in [5.41, 5.74) is 20.4. The van der Waals surface area contributed by atoms with Gasteiger partial charge in [0.2, 0.25) is 0 Å². The molecular weight excluding hydrogens is 985 g/mol. The van der Waals surface area contributed by atoms with Gasteiger partial charge < -0.3 is 9.97 Å². The van der Waals surface area contributed by atoms with Crippen molar-refractivity contribution < 1.29 is 0 Å². The highest BCUT2D eigenvalue weighted by Crippen LogP contribution is 2.40. The van der Waals surface area contributed by atoms with Gasteiger partial charge in [-0.3, -0.25) is 39.9 Å². The number of benzene rings is 4. The summed E-state index contributed by atoms with van der Waals surface area (Å²) < 4.78 is 0. The van der Waals surface area contributed by atoms with Crippen LogP contribution in [-0.4, -0.2) is 64.7 Å². The summed E-state index contributed by atoms with van der Waals surface area (Å²) >= 11 is 0. The maximum absolute atomic E-state index is 5.53. The van der Waals surface area contributed by atoms with Gasteiger partial charge in [0, 0.05) is 69.1 Å². The molecule has 9 heterocycles. The summed E-state index contributed by atoms with van der Waals surface area (Å²) in [4.78, 5) is 55.5. The molecule has 0 fully saturated rings. The Morgan fingerprint density at radius 3 is 0.713 bits per heavy atom. The Labute approximate surface area is 460 Å². The Morgan fingerprint density at radius 2 is 0.500 bits per heavy atom. The fourth-order valence-corrected chi connectivity index (χ4v) is 9.65. The Morgan fingerprint density at radius 1 is 0.263 bits per heavy atom. The summed E-state index contributed by atoms with van der Waals surface area (Å²) in [5.74, 6) is 0. The molecule has 13 rings (SSSR count). The van der Waals surface area contributed by atoms with Gasteiger partial charge in [-0.15, -0.1) is 0 Å². The molecule has 2 N–H and O–H groups in total. The number of hydrogen-bond donors (Lipinski definition) is 2. The summed E-state index contributed by atoms with van der Waals surface area (Å²) in [7, 11) is 0. The van der Waals surface area contributed by atoms with Crippen molar-refractivity contribution in [3.63, 3.8) is 0 Å². The van der Waals surface area contributed by atoms with Crippen LogP contribution in [0.15, 0.2) is 239 Å². The molecule has 2 aliphatic rings. The molecule has 2 aliphatic heterocycles. The van der Waals surface area contributed by atoms with Crippen LogP contribution in [0, 0.1) is 0 Å². The van der Waals surface area contributed by atoms with Crippen molar-refractivity contribution in [1.29, 1.82) is 0 Å². The molecule has 0 atom stereocenters.